The van der Waals surface area contributed by atoms with E-state index in [0.717, 1.165) is 12.8 Å². The molecule has 19 heavy (non-hydrogen) atoms. The first-order valence-electron chi connectivity index (χ1n) is 7.55. The van der Waals surface area contributed by atoms with E-state index in [2.05, 4.69) is 6.92 Å². The van der Waals surface area contributed by atoms with Gasteiger partial charge in [0.1, 0.15) is 0 Å². The highest BCUT2D eigenvalue weighted by molar-refractivity contribution is 6.00. The quantitative estimate of drug-likeness (QED) is 0.288. The summed E-state index contributed by atoms with van der Waals surface area (Å²) in [7, 11) is 0. The molecule has 0 aromatic heterocycles. The SMILES string of the molecule is CCCCCCC=CC1C(=O)OC(=O)C1(CC)CC. The molecule has 1 aliphatic heterocycles. The van der Waals surface area contributed by atoms with Gasteiger partial charge in [-0.25, -0.2) is 0 Å². The van der Waals surface area contributed by atoms with Crippen LogP contribution in [-0.2, 0) is 14.3 Å². The van der Waals surface area contributed by atoms with Crippen LogP contribution in [0.3, 0.4) is 0 Å². The van der Waals surface area contributed by atoms with Gasteiger partial charge in [-0.3, -0.25) is 9.59 Å². The summed E-state index contributed by atoms with van der Waals surface area (Å²) in [5, 5.41) is 0. The van der Waals surface area contributed by atoms with Gasteiger partial charge in [0.25, 0.3) is 0 Å². The van der Waals surface area contributed by atoms with E-state index < -0.39 is 5.41 Å². The molecule has 0 aromatic rings. The molecule has 0 amide bonds. The van der Waals surface area contributed by atoms with Crippen molar-refractivity contribution in [2.45, 2.75) is 65.7 Å². The minimum atomic E-state index is -0.628. The lowest BCUT2D eigenvalue weighted by atomic mass is 9.73. The standard InChI is InChI=1S/C16H26O3/c1-4-7-8-9-10-11-12-13-14(17)19-15(18)16(13,5-2)6-3/h11-13H,4-10H2,1-3H3. The molecule has 1 heterocycles. The lowest BCUT2D eigenvalue weighted by Crippen LogP contribution is -2.31. The summed E-state index contributed by atoms with van der Waals surface area (Å²) in [6.07, 6.45) is 11.1. The van der Waals surface area contributed by atoms with Gasteiger partial charge >= 0.3 is 11.9 Å². The van der Waals surface area contributed by atoms with Gasteiger partial charge in [-0.05, 0) is 25.7 Å². The molecule has 0 aromatic carbocycles. The first-order chi connectivity index (χ1) is 9.12. The molecule has 0 spiro atoms. The van der Waals surface area contributed by atoms with Crippen molar-refractivity contribution >= 4 is 11.9 Å². The zero-order valence-corrected chi connectivity index (χ0v) is 12.4. The predicted molar refractivity (Wildman–Crippen MR) is 75.5 cm³/mol. The van der Waals surface area contributed by atoms with Gasteiger partial charge in [-0.1, -0.05) is 52.2 Å². The number of hydrogen-bond acceptors (Lipinski definition) is 3. The van der Waals surface area contributed by atoms with Gasteiger partial charge in [-0.15, -0.1) is 0 Å². The minimum Gasteiger partial charge on any atom is -0.392 e. The van der Waals surface area contributed by atoms with Crippen LogP contribution >= 0.6 is 0 Å². The molecule has 108 valence electrons. The third-order valence-corrected chi connectivity index (χ3v) is 4.26. The third-order valence-electron chi connectivity index (χ3n) is 4.26. The molecule has 0 saturated carbocycles. The number of ether oxygens (including phenoxy) is 1. The highest BCUT2D eigenvalue weighted by Gasteiger charge is 2.53. The van der Waals surface area contributed by atoms with E-state index in [1.54, 1.807) is 0 Å². The van der Waals surface area contributed by atoms with Crippen molar-refractivity contribution in [2.24, 2.45) is 11.3 Å². The number of hydrogen-bond donors (Lipinski definition) is 0. The Kier molecular flexibility index (Phi) is 6.26. The molecule has 1 rings (SSSR count). The molecule has 0 bridgehead atoms. The molecule has 1 atom stereocenters. The Balaban J connectivity index is 2.61. The molecule has 1 aliphatic rings. The van der Waals surface area contributed by atoms with Crippen LogP contribution in [0, 0.1) is 11.3 Å². The summed E-state index contributed by atoms with van der Waals surface area (Å²) in [5.74, 6) is -1.11. The number of carbonyl (C=O) groups is 2. The van der Waals surface area contributed by atoms with Crippen molar-refractivity contribution in [3.63, 3.8) is 0 Å². The second-order valence-corrected chi connectivity index (χ2v) is 5.33. The normalized spacial score (nSPS) is 22.2. The molecule has 0 radical (unpaired) electrons. The molecule has 3 heteroatoms. The van der Waals surface area contributed by atoms with Gasteiger partial charge in [0, 0.05) is 0 Å². The van der Waals surface area contributed by atoms with Crippen LogP contribution < -0.4 is 0 Å². The lowest BCUT2D eigenvalue weighted by molar-refractivity contribution is -0.155. The average molecular weight is 266 g/mol. The maximum Gasteiger partial charge on any atom is 0.321 e. The number of cyclic esters (lactones) is 2. The highest BCUT2D eigenvalue weighted by Crippen LogP contribution is 2.43. The van der Waals surface area contributed by atoms with Crippen molar-refractivity contribution in [2.75, 3.05) is 0 Å². The van der Waals surface area contributed by atoms with Gasteiger partial charge < -0.3 is 4.74 Å². The van der Waals surface area contributed by atoms with Gasteiger partial charge in [0.05, 0.1) is 11.3 Å². The van der Waals surface area contributed by atoms with Crippen LogP contribution in [0.25, 0.3) is 0 Å². The smallest absolute Gasteiger partial charge is 0.321 e. The van der Waals surface area contributed by atoms with Gasteiger partial charge in [-0.2, -0.15) is 0 Å². The van der Waals surface area contributed by atoms with E-state index >= 15 is 0 Å². The number of unbranched alkanes of at least 4 members (excludes halogenated alkanes) is 4. The topological polar surface area (TPSA) is 43.4 Å². The Morgan fingerprint density at radius 3 is 2.37 bits per heavy atom. The summed E-state index contributed by atoms with van der Waals surface area (Å²) in [4.78, 5) is 23.7. The van der Waals surface area contributed by atoms with Crippen molar-refractivity contribution in [3.05, 3.63) is 12.2 Å². The molecular formula is C16H26O3. The number of allylic oxidation sites excluding steroid dienone is 1. The molecule has 3 nitrogen and oxygen atoms in total. The van der Waals surface area contributed by atoms with Crippen molar-refractivity contribution in [1.82, 2.24) is 0 Å². The fraction of sp³-hybridized carbons (Fsp3) is 0.750. The average Bonchev–Trinajstić information content (AvgIpc) is 2.65. The number of esters is 2. The van der Waals surface area contributed by atoms with E-state index in [1.807, 2.05) is 26.0 Å². The monoisotopic (exact) mass is 266 g/mol. The lowest BCUT2D eigenvalue weighted by Gasteiger charge is -2.24. The Morgan fingerprint density at radius 1 is 1.11 bits per heavy atom. The van der Waals surface area contributed by atoms with Crippen LogP contribution in [0.5, 0.6) is 0 Å². The summed E-state index contributed by atoms with van der Waals surface area (Å²) in [6.45, 7) is 6.09. The fourth-order valence-electron chi connectivity index (χ4n) is 2.77. The van der Waals surface area contributed by atoms with Crippen LogP contribution in [-0.4, -0.2) is 11.9 Å². The number of carbonyl (C=O) groups excluding carboxylic acids is 2. The minimum absolute atomic E-state index is 0.344. The summed E-state index contributed by atoms with van der Waals surface area (Å²) in [5.41, 5.74) is -0.628. The van der Waals surface area contributed by atoms with E-state index in [9.17, 15) is 9.59 Å². The second-order valence-electron chi connectivity index (χ2n) is 5.33. The first-order valence-corrected chi connectivity index (χ1v) is 7.55. The maximum absolute atomic E-state index is 11.9. The predicted octanol–water partition coefficient (Wildman–Crippen LogP) is 4.02. The third kappa shape index (κ3) is 3.46. The van der Waals surface area contributed by atoms with Crippen LogP contribution in [0.2, 0.25) is 0 Å². The van der Waals surface area contributed by atoms with Gasteiger partial charge in [0.2, 0.25) is 0 Å². The Labute approximate surface area is 116 Å². The largest absolute Gasteiger partial charge is 0.392 e. The Hall–Kier alpha value is -1.12. The van der Waals surface area contributed by atoms with Crippen molar-refractivity contribution in [1.29, 1.82) is 0 Å². The van der Waals surface area contributed by atoms with Crippen LogP contribution in [0.4, 0.5) is 0 Å². The van der Waals surface area contributed by atoms with E-state index in [-0.39, 0.29) is 17.9 Å². The molecule has 0 N–H and O–H groups in total. The van der Waals surface area contributed by atoms with E-state index in [0.29, 0.717) is 12.8 Å². The maximum atomic E-state index is 11.9. The Bertz CT molecular complexity index is 340. The van der Waals surface area contributed by atoms with E-state index in [4.69, 9.17) is 4.74 Å². The van der Waals surface area contributed by atoms with Crippen molar-refractivity contribution < 1.29 is 14.3 Å². The molecule has 0 aliphatic carbocycles. The highest BCUT2D eigenvalue weighted by atomic mass is 16.6. The van der Waals surface area contributed by atoms with Crippen LogP contribution in [0.15, 0.2) is 12.2 Å². The number of rotatable bonds is 8. The molecular weight excluding hydrogens is 240 g/mol. The molecule has 1 saturated heterocycles. The molecule has 1 unspecified atom stereocenters. The zero-order chi connectivity index (χ0) is 14.3. The first kappa shape index (κ1) is 15.9. The summed E-state index contributed by atoms with van der Waals surface area (Å²) < 4.78 is 4.84. The fourth-order valence-corrected chi connectivity index (χ4v) is 2.77. The summed E-state index contributed by atoms with van der Waals surface area (Å²) >= 11 is 0. The zero-order valence-electron chi connectivity index (χ0n) is 12.4. The second kappa shape index (κ2) is 7.46. The van der Waals surface area contributed by atoms with E-state index in [1.165, 1.54) is 19.3 Å². The van der Waals surface area contributed by atoms with Crippen LogP contribution in [0.1, 0.15) is 65.7 Å². The summed E-state index contributed by atoms with van der Waals surface area (Å²) in [6, 6.07) is 0. The Morgan fingerprint density at radius 2 is 1.79 bits per heavy atom. The van der Waals surface area contributed by atoms with Gasteiger partial charge in [0.15, 0.2) is 0 Å². The molecule has 1 fully saturated rings. The van der Waals surface area contributed by atoms with Crippen molar-refractivity contribution in [3.8, 4) is 0 Å².